The average molecular weight is 268 g/mol. The molecule has 0 bridgehead atoms. The van der Waals surface area contributed by atoms with E-state index < -0.39 is 0 Å². The van der Waals surface area contributed by atoms with Crippen LogP contribution in [-0.2, 0) is 0 Å². The number of benzene rings is 2. The van der Waals surface area contributed by atoms with Gasteiger partial charge >= 0.3 is 0 Å². The van der Waals surface area contributed by atoms with Crippen molar-refractivity contribution in [3.05, 3.63) is 53.7 Å². The molecule has 0 amide bonds. The second-order valence-corrected chi connectivity index (χ2v) is 5.00. The number of hydrogen-bond acceptors (Lipinski definition) is 3. The highest BCUT2D eigenvalue weighted by Crippen LogP contribution is 2.14. The van der Waals surface area contributed by atoms with Gasteiger partial charge in [-0.15, -0.1) is 4.85 Å². The van der Waals surface area contributed by atoms with Gasteiger partial charge in [0.1, 0.15) is 5.69 Å². The van der Waals surface area contributed by atoms with Crippen LogP contribution in [0.1, 0.15) is 13.8 Å². The number of rotatable bonds is 3. The molecule has 0 aliphatic heterocycles. The Hall–Kier alpha value is -2.56. The molecular weight excluding hydrogens is 252 g/mol. The van der Waals surface area contributed by atoms with E-state index >= 15 is 0 Å². The van der Waals surface area contributed by atoms with Gasteiger partial charge in [-0.25, -0.2) is 0 Å². The van der Waals surface area contributed by atoms with E-state index in [4.69, 9.17) is 0 Å². The first-order chi connectivity index (χ1) is 9.65. The van der Waals surface area contributed by atoms with E-state index in [0.717, 1.165) is 16.2 Å². The first-order valence-electron chi connectivity index (χ1n) is 6.60. The van der Waals surface area contributed by atoms with Crippen LogP contribution in [0.15, 0.2) is 48.5 Å². The van der Waals surface area contributed by atoms with Crippen molar-refractivity contribution in [2.75, 3.05) is 5.32 Å². The Morgan fingerprint density at radius 2 is 1.80 bits per heavy atom. The molecule has 1 aromatic heterocycles. The summed E-state index contributed by atoms with van der Waals surface area (Å²) in [5.74, 6) is 0. The van der Waals surface area contributed by atoms with Crippen LogP contribution >= 0.6 is 0 Å². The van der Waals surface area contributed by atoms with Gasteiger partial charge in [-0.1, -0.05) is 12.1 Å². The van der Waals surface area contributed by atoms with Crippen molar-refractivity contribution < 1.29 is 4.85 Å². The van der Waals surface area contributed by atoms with E-state index in [2.05, 4.69) is 24.3 Å². The van der Waals surface area contributed by atoms with Crippen LogP contribution in [0, 0.1) is 5.21 Å². The second kappa shape index (κ2) is 4.85. The zero-order valence-electron chi connectivity index (χ0n) is 11.4. The molecule has 5 heteroatoms. The zero-order chi connectivity index (χ0) is 14.1. The molecule has 0 aliphatic rings. The summed E-state index contributed by atoms with van der Waals surface area (Å²) in [6, 6.07) is 15.3. The number of fused-ring (bicyclic) bond motifs is 1. The summed E-state index contributed by atoms with van der Waals surface area (Å²) in [4.78, 5) is 2.17. The Labute approximate surface area is 117 Å². The molecule has 0 atom stereocenters. The summed E-state index contributed by atoms with van der Waals surface area (Å²) < 4.78 is 0. The highest BCUT2D eigenvalue weighted by molar-refractivity contribution is 5.70. The molecule has 5 nitrogen and oxygen atoms in total. The molecule has 1 heterocycles. The number of anilines is 1. The van der Waals surface area contributed by atoms with Crippen LogP contribution in [0.25, 0.3) is 16.7 Å². The fourth-order valence-corrected chi connectivity index (χ4v) is 2.14. The summed E-state index contributed by atoms with van der Waals surface area (Å²) in [5.41, 5.74) is 3.02. The molecule has 20 heavy (non-hydrogen) atoms. The Bertz CT molecular complexity index is 731. The minimum atomic E-state index is 0.373. The van der Waals surface area contributed by atoms with Crippen molar-refractivity contribution in [3.63, 3.8) is 0 Å². The van der Waals surface area contributed by atoms with Crippen LogP contribution in [0.2, 0.25) is 0 Å². The maximum atomic E-state index is 12.2. The van der Waals surface area contributed by atoms with Crippen molar-refractivity contribution in [3.8, 4) is 5.69 Å². The molecule has 2 aromatic carbocycles. The Morgan fingerprint density at radius 1 is 1.10 bits per heavy atom. The van der Waals surface area contributed by atoms with Crippen LogP contribution in [-0.4, -0.2) is 15.9 Å². The molecule has 0 unspecified atom stereocenters. The molecule has 0 fully saturated rings. The van der Waals surface area contributed by atoms with Crippen molar-refractivity contribution >= 4 is 16.7 Å². The summed E-state index contributed by atoms with van der Waals surface area (Å²) in [7, 11) is 0. The third-order valence-electron chi connectivity index (χ3n) is 3.02. The van der Waals surface area contributed by atoms with Crippen LogP contribution in [0.5, 0.6) is 0 Å². The molecular formula is C15H16N4O. The quantitative estimate of drug-likeness (QED) is 0.586. The molecule has 1 N–H and O–H groups in total. The fraction of sp³-hybridized carbons (Fsp3) is 0.200. The van der Waals surface area contributed by atoms with Crippen molar-refractivity contribution in [1.82, 2.24) is 9.90 Å². The van der Waals surface area contributed by atoms with Gasteiger partial charge in [-0.3, -0.25) is 0 Å². The van der Waals surface area contributed by atoms with Crippen LogP contribution in [0.3, 0.4) is 0 Å². The molecule has 102 valence electrons. The lowest BCUT2D eigenvalue weighted by Gasteiger charge is -2.10. The van der Waals surface area contributed by atoms with E-state index in [1.165, 1.54) is 4.80 Å². The van der Waals surface area contributed by atoms with E-state index in [9.17, 15) is 5.21 Å². The lowest BCUT2D eigenvalue weighted by Crippen LogP contribution is -2.37. The molecule has 0 aliphatic carbocycles. The zero-order valence-corrected chi connectivity index (χ0v) is 11.4. The van der Waals surface area contributed by atoms with Gasteiger partial charge in [0.25, 0.3) is 0 Å². The highest BCUT2D eigenvalue weighted by atomic mass is 16.5. The summed E-state index contributed by atoms with van der Waals surface area (Å²) in [5, 5.41) is 19.8. The first-order valence-corrected chi connectivity index (χ1v) is 6.60. The number of nitrogens with zero attached hydrogens (tertiary/aromatic N) is 3. The average Bonchev–Trinajstić information content (AvgIpc) is 2.77. The van der Waals surface area contributed by atoms with Crippen molar-refractivity contribution in [2.24, 2.45) is 0 Å². The summed E-state index contributed by atoms with van der Waals surface area (Å²) in [6.07, 6.45) is 0. The number of aromatic nitrogens is 3. The summed E-state index contributed by atoms with van der Waals surface area (Å²) in [6.45, 7) is 4.17. The number of hydrogen-bond donors (Lipinski definition) is 1. The van der Waals surface area contributed by atoms with Gasteiger partial charge in [0.2, 0.25) is 11.0 Å². The number of nitrogens with one attached hydrogen (secondary N) is 1. The van der Waals surface area contributed by atoms with Crippen molar-refractivity contribution in [2.45, 2.75) is 19.9 Å². The maximum absolute atomic E-state index is 12.2. The minimum absolute atomic E-state index is 0.373. The smallest absolute Gasteiger partial charge is 0.250 e. The van der Waals surface area contributed by atoms with Gasteiger partial charge in [-0.2, -0.15) is 0 Å². The van der Waals surface area contributed by atoms with Crippen molar-refractivity contribution in [1.29, 1.82) is 0 Å². The van der Waals surface area contributed by atoms with Crippen LogP contribution < -0.4 is 10.2 Å². The molecule has 0 saturated heterocycles. The largest absolute Gasteiger partial charge is 0.692 e. The molecule has 3 aromatic rings. The topological polar surface area (TPSA) is 56.8 Å². The second-order valence-electron chi connectivity index (χ2n) is 5.00. The van der Waals surface area contributed by atoms with E-state index in [-0.39, 0.29) is 0 Å². The SMILES string of the molecule is CC(C)Nc1ccc(-n2nc3ccccc3[n+]2[O-])cc1. The summed E-state index contributed by atoms with van der Waals surface area (Å²) >= 11 is 0. The van der Waals surface area contributed by atoms with Gasteiger partial charge < -0.3 is 10.5 Å². The van der Waals surface area contributed by atoms with E-state index in [1.54, 1.807) is 6.07 Å². The highest BCUT2D eigenvalue weighted by Gasteiger charge is 2.14. The lowest BCUT2D eigenvalue weighted by molar-refractivity contribution is -0.664. The lowest BCUT2D eigenvalue weighted by atomic mass is 10.2. The Balaban J connectivity index is 2.00. The Kier molecular flexibility index (Phi) is 3.02. The van der Waals surface area contributed by atoms with E-state index in [1.807, 2.05) is 42.5 Å². The third kappa shape index (κ3) is 2.18. The molecule has 3 rings (SSSR count). The fourth-order valence-electron chi connectivity index (χ4n) is 2.14. The number of para-hydroxylation sites is 1. The Morgan fingerprint density at radius 3 is 2.45 bits per heavy atom. The van der Waals surface area contributed by atoms with Gasteiger partial charge in [0, 0.05) is 11.7 Å². The normalized spacial score (nSPS) is 11.2. The molecule has 0 saturated carbocycles. The minimum Gasteiger partial charge on any atom is -0.692 e. The van der Waals surface area contributed by atoms with Gasteiger partial charge in [0.15, 0.2) is 0 Å². The molecule has 0 spiro atoms. The predicted octanol–water partition coefficient (Wildman–Crippen LogP) is 2.48. The van der Waals surface area contributed by atoms with Gasteiger partial charge in [0.05, 0.1) is 5.10 Å². The monoisotopic (exact) mass is 268 g/mol. The van der Waals surface area contributed by atoms with E-state index in [0.29, 0.717) is 17.1 Å². The predicted molar refractivity (Wildman–Crippen MR) is 78.8 cm³/mol. The maximum Gasteiger partial charge on any atom is 0.250 e. The van der Waals surface area contributed by atoms with Crippen LogP contribution in [0.4, 0.5) is 5.69 Å². The standard InChI is InChI=1S/C15H16N4O/c1-11(2)16-12-7-9-13(10-8-12)18-17-14-5-3-4-6-15(14)19(18)20/h3-11,16H,1-2H3. The molecule has 0 radical (unpaired) electrons. The third-order valence-corrected chi connectivity index (χ3v) is 3.02. The first kappa shape index (κ1) is 12.5. The van der Waals surface area contributed by atoms with Gasteiger partial charge in [-0.05, 0) is 55.0 Å².